The number of halogens is 1. The molecule has 5 heterocycles. The lowest BCUT2D eigenvalue weighted by Crippen LogP contribution is -2.14. The van der Waals surface area contributed by atoms with Gasteiger partial charge in [0.1, 0.15) is 17.0 Å². The van der Waals surface area contributed by atoms with Crippen molar-refractivity contribution in [2.75, 3.05) is 0 Å². The summed E-state index contributed by atoms with van der Waals surface area (Å²) < 4.78 is 25.0. The Labute approximate surface area is 222 Å². The summed E-state index contributed by atoms with van der Waals surface area (Å²) in [5.74, 6) is -4.77. The highest BCUT2D eigenvalue weighted by Crippen LogP contribution is 2.46. The number of rotatable bonds is 3. The molecule has 2 aliphatic heterocycles. The number of carbonyl (C=O) groups is 4. The molecule has 0 unspecified atom stereocenters. The van der Waals surface area contributed by atoms with Crippen molar-refractivity contribution >= 4 is 46.4 Å². The van der Waals surface area contributed by atoms with Gasteiger partial charge < -0.3 is 23.5 Å². The number of aromatic nitrogens is 5. The van der Waals surface area contributed by atoms with Gasteiger partial charge in [-0.15, -0.1) is 0 Å². The van der Waals surface area contributed by atoms with E-state index in [9.17, 15) is 19.2 Å². The van der Waals surface area contributed by atoms with E-state index in [0.29, 0.717) is 12.1 Å². The second kappa shape index (κ2) is 9.54. The van der Waals surface area contributed by atoms with E-state index in [-0.39, 0.29) is 45.5 Å². The molecule has 0 saturated heterocycles. The first-order valence-corrected chi connectivity index (χ1v) is 11.7. The Morgan fingerprint density at radius 3 is 2.23 bits per heavy atom. The number of imidazole rings is 1. The lowest BCUT2D eigenvalue weighted by Gasteiger charge is -2.14. The van der Waals surface area contributed by atoms with Crippen LogP contribution in [0.3, 0.4) is 0 Å². The van der Waals surface area contributed by atoms with Gasteiger partial charge in [0, 0.05) is 59.9 Å². The van der Waals surface area contributed by atoms with Gasteiger partial charge in [0.2, 0.25) is 11.6 Å². The maximum Gasteiger partial charge on any atom is 0.337 e. The lowest BCUT2D eigenvalue weighted by atomic mass is 10.1. The van der Waals surface area contributed by atoms with Crippen LogP contribution >= 0.6 is 11.6 Å². The smallest absolute Gasteiger partial charge is 0.337 e. The summed E-state index contributed by atoms with van der Waals surface area (Å²) in [5, 5.41) is 5.08. The molecule has 0 saturated carbocycles. The maximum atomic E-state index is 12.7. The summed E-state index contributed by atoms with van der Waals surface area (Å²) in [7, 11) is 0. The van der Waals surface area contributed by atoms with Crippen LogP contribution in [0.4, 0.5) is 0 Å². The van der Waals surface area contributed by atoms with E-state index in [1.54, 1.807) is 35.4 Å². The number of hydrogen-bond donors (Lipinski definition) is 0. The minimum absolute atomic E-state index is 0.0193. The highest BCUT2D eigenvalue weighted by Gasteiger charge is 2.31. The third-order valence-electron chi connectivity index (χ3n) is 5.63. The van der Waals surface area contributed by atoms with Crippen LogP contribution in [0, 0.1) is 0 Å². The van der Waals surface area contributed by atoms with E-state index in [1.807, 2.05) is 0 Å². The average molecular weight is 548 g/mol. The molecule has 0 aliphatic carbocycles. The van der Waals surface area contributed by atoms with E-state index in [1.165, 1.54) is 10.7 Å². The van der Waals surface area contributed by atoms with Crippen LogP contribution in [0.15, 0.2) is 61.2 Å². The quantitative estimate of drug-likeness (QED) is 0.274. The van der Waals surface area contributed by atoms with E-state index >= 15 is 0 Å². The van der Waals surface area contributed by atoms with Crippen molar-refractivity contribution in [3.8, 4) is 34.5 Å². The van der Waals surface area contributed by atoms with Gasteiger partial charge >= 0.3 is 23.9 Å². The van der Waals surface area contributed by atoms with E-state index < -0.39 is 29.8 Å². The molecule has 3 aromatic heterocycles. The zero-order chi connectivity index (χ0) is 27.1. The topological polar surface area (TPSA) is 154 Å². The first-order valence-electron chi connectivity index (χ1n) is 11.3. The van der Waals surface area contributed by atoms with E-state index in [0.717, 1.165) is 24.3 Å². The van der Waals surface area contributed by atoms with Gasteiger partial charge in [-0.3, -0.25) is 4.68 Å². The van der Waals surface area contributed by atoms with Crippen molar-refractivity contribution in [2.24, 2.45) is 0 Å². The molecule has 39 heavy (non-hydrogen) atoms. The van der Waals surface area contributed by atoms with Gasteiger partial charge in [-0.05, 0) is 12.1 Å². The molecule has 6 bridgehead atoms. The minimum Gasteiger partial charge on any atom is -0.423 e. The van der Waals surface area contributed by atoms with Crippen molar-refractivity contribution in [1.29, 1.82) is 0 Å². The van der Waals surface area contributed by atoms with Crippen molar-refractivity contribution < 1.29 is 38.1 Å². The molecule has 0 radical (unpaired) electrons. The molecule has 0 N–H and O–H groups in total. The van der Waals surface area contributed by atoms with Gasteiger partial charge in [0.15, 0.2) is 0 Å². The van der Waals surface area contributed by atoms with Crippen LogP contribution in [-0.2, 0) is 32.3 Å². The van der Waals surface area contributed by atoms with Crippen molar-refractivity contribution in [3.05, 3.63) is 66.2 Å². The van der Waals surface area contributed by atoms with Crippen LogP contribution < -0.4 is 18.9 Å². The third-order valence-corrected chi connectivity index (χ3v) is 5.86. The average Bonchev–Trinajstić information content (AvgIpc) is 3.55. The first kappa shape index (κ1) is 24.1. The zero-order valence-electron chi connectivity index (χ0n) is 19.6. The van der Waals surface area contributed by atoms with Gasteiger partial charge in [-0.1, -0.05) is 11.6 Å². The molecule has 4 aromatic rings. The molecule has 1 aromatic carbocycles. The minimum atomic E-state index is -1.00. The Morgan fingerprint density at radius 2 is 1.51 bits per heavy atom. The van der Waals surface area contributed by atoms with Gasteiger partial charge in [-0.2, -0.15) is 10.1 Å². The molecule has 2 aliphatic rings. The van der Waals surface area contributed by atoms with Gasteiger partial charge in [0.25, 0.3) is 5.88 Å². The predicted molar refractivity (Wildman–Crippen MR) is 131 cm³/mol. The summed E-state index contributed by atoms with van der Waals surface area (Å²) in [6.45, 7) is 0.569. The number of pyridine rings is 1. The molecule has 0 spiro atoms. The fourth-order valence-corrected chi connectivity index (χ4v) is 4.16. The number of aryl methyl sites for hydroxylation is 2. The summed E-state index contributed by atoms with van der Waals surface area (Å²) in [5.41, 5.74) is 0.579. The largest absolute Gasteiger partial charge is 0.423 e. The summed E-state index contributed by atoms with van der Waals surface area (Å²) in [4.78, 5) is 58.3. The first-order chi connectivity index (χ1) is 18.9. The molecular weight excluding hydrogens is 534 g/mol. The Balaban J connectivity index is 1.70. The lowest BCUT2D eigenvalue weighted by molar-refractivity contribution is -0.132. The fraction of sp³-hybridized carbons (Fsp3) is 0.0800. The molecule has 0 fully saturated rings. The molecule has 194 valence electrons. The molecular formula is C25H14ClN5O8. The van der Waals surface area contributed by atoms with E-state index in [2.05, 4.69) is 9.97 Å². The number of fused-ring (bicyclic) bond motifs is 5. The highest BCUT2D eigenvalue weighted by molar-refractivity contribution is 6.31. The number of ether oxygens (including phenoxy) is 4. The van der Waals surface area contributed by atoms with Gasteiger partial charge in [0.05, 0.1) is 18.3 Å². The second-order valence-electron chi connectivity index (χ2n) is 8.14. The Kier molecular flexibility index (Phi) is 5.88. The monoisotopic (exact) mass is 547 g/mol. The number of nitrogens with zero attached hydrogens (tertiary/aromatic N) is 5. The second-order valence-corrected chi connectivity index (χ2v) is 8.58. The van der Waals surface area contributed by atoms with Crippen molar-refractivity contribution in [2.45, 2.75) is 13.1 Å². The molecule has 0 amide bonds. The van der Waals surface area contributed by atoms with Crippen LogP contribution in [0.2, 0.25) is 5.02 Å². The Hall–Kier alpha value is -5.30. The van der Waals surface area contributed by atoms with Crippen LogP contribution in [-0.4, -0.2) is 48.2 Å². The summed E-state index contributed by atoms with van der Waals surface area (Å²) in [6, 6.07) is 4.52. The number of hydrogen-bond acceptors (Lipinski definition) is 11. The zero-order valence-corrected chi connectivity index (χ0v) is 20.3. The van der Waals surface area contributed by atoms with Crippen LogP contribution in [0.25, 0.3) is 22.2 Å². The van der Waals surface area contributed by atoms with Crippen LogP contribution in [0.1, 0.15) is 0 Å². The Bertz CT molecular complexity index is 1760. The SMILES string of the molecule is O=C1C=CC(=O)Oc2c3nc(c4c(nn(CCn5ccnc5)c24)-c2ccc(Cl)cc2O1)OC(=O)/C=C\C(=O)O3. The molecule has 14 heteroatoms. The highest BCUT2D eigenvalue weighted by atomic mass is 35.5. The summed E-state index contributed by atoms with van der Waals surface area (Å²) in [6.07, 6.45) is 8.38. The van der Waals surface area contributed by atoms with Crippen molar-refractivity contribution in [3.63, 3.8) is 0 Å². The molecule has 6 rings (SSSR count). The molecule has 0 atom stereocenters. The third kappa shape index (κ3) is 4.62. The normalized spacial score (nSPS) is 15.6. The van der Waals surface area contributed by atoms with Crippen molar-refractivity contribution in [1.82, 2.24) is 24.3 Å². The predicted octanol–water partition coefficient (Wildman–Crippen LogP) is 2.41. The standard InChI is InChI=1S/C25H14ClN5O8/c26-13-1-2-14-15(11-13)36-16(32)3-4-17(33)37-23-22-20(21(14)29-31(22)10-9-30-8-7-27-12-30)24-28-25(23)39-19(35)6-5-18(34)38-24/h1-8,11-12H,9-10H2/b4-3?,6-5-. The Morgan fingerprint density at radius 1 is 0.821 bits per heavy atom. The van der Waals surface area contributed by atoms with E-state index in [4.69, 9.17) is 35.6 Å². The van der Waals surface area contributed by atoms with Gasteiger partial charge in [-0.25, -0.2) is 24.2 Å². The van der Waals surface area contributed by atoms with Crippen LogP contribution in [0.5, 0.6) is 23.3 Å². The maximum absolute atomic E-state index is 12.7. The molecule has 13 nitrogen and oxygen atoms in total. The summed E-state index contributed by atoms with van der Waals surface area (Å²) >= 11 is 6.18. The number of carbonyl (C=O) groups excluding carboxylic acids is 4. The fourth-order valence-electron chi connectivity index (χ4n) is 3.99. The number of benzene rings is 1. The number of esters is 4.